The van der Waals surface area contributed by atoms with Gasteiger partial charge in [-0.15, -0.1) is 0 Å². The Morgan fingerprint density at radius 3 is 2.15 bits per heavy atom. The van der Waals surface area contributed by atoms with Gasteiger partial charge in [-0.05, 0) is 5.53 Å². The van der Waals surface area contributed by atoms with Crippen molar-refractivity contribution < 1.29 is 61.9 Å². The van der Waals surface area contributed by atoms with Crippen molar-refractivity contribution in [2.45, 2.75) is 77.3 Å². The summed E-state index contributed by atoms with van der Waals surface area (Å²) in [4.78, 5) is 75.3. The number of nitrogens with zero attached hydrogens (tertiary/aromatic N) is 3. The lowest BCUT2D eigenvalue weighted by molar-refractivity contribution is -0.313. The van der Waals surface area contributed by atoms with Crippen molar-refractivity contribution in [2.24, 2.45) is 5.11 Å². The second-order valence-corrected chi connectivity index (χ2v) is 8.23. The number of hydrogen-bond acceptors (Lipinski definition) is 14. The summed E-state index contributed by atoms with van der Waals surface area (Å²) in [5.74, 6) is -7.45. The molecule has 1 unspecified atom stereocenters. The molecule has 1 amide bonds. The van der Waals surface area contributed by atoms with Crippen LogP contribution in [0.3, 0.4) is 0 Å². The Kier molecular flexibility index (Phi) is 13.1. The minimum atomic E-state index is -2.35. The third-order valence-electron chi connectivity index (χ3n) is 5.08. The van der Waals surface area contributed by atoms with E-state index in [4.69, 9.17) is 38.7 Å². The zero-order valence-electron chi connectivity index (χ0n) is 22.4. The Balaban J connectivity index is 3.80. The van der Waals surface area contributed by atoms with Crippen molar-refractivity contribution in [3.05, 3.63) is 10.4 Å². The van der Waals surface area contributed by atoms with E-state index < -0.39 is 85.0 Å². The number of nitrogens with one attached hydrogen (secondary N) is 1. The highest BCUT2D eigenvalue weighted by Gasteiger charge is 2.59. The highest BCUT2D eigenvalue weighted by Crippen LogP contribution is 2.37. The number of ether oxygens (including phenoxy) is 7. The van der Waals surface area contributed by atoms with E-state index in [9.17, 15) is 28.8 Å². The van der Waals surface area contributed by atoms with Crippen LogP contribution >= 0.6 is 0 Å². The minimum absolute atomic E-state index is 0.244. The fraction of sp³-hybridized carbons (Fsp3) is 0.727. The molecule has 0 radical (unpaired) electrons. The van der Waals surface area contributed by atoms with Crippen LogP contribution in [-0.4, -0.2) is 98.9 Å². The second kappa shape index (κ2) is 15.5. The van der Waals surface area contributed by atoms with Crippen LogP contribution in [0.4, 0.5) is 0 Å². The van der Waals surface area contributed by atoms with E-state index in [0.29, 0.717) is 0 Å². The molecule has 1 aliphatic rings. The summed E-state index contributed by atoms with van der Waals surface area (Å²) in [5, 5.41) is 5.85. The third-order valence-corrected chi connectivity index (χ3v) is 5.08. The van der Waals surface area contributed by atoms with Crippen LogP contribution in [-0.2, 0) is 61.9 Å². The van der Waals surface area contributed by atoms with E-state index in [1.165, 1.54) is 0 Å². The average molecular weight is 561 g/mol. The third kappa shape index (κ3) is 10.4. The van der Waals surface area contributed by atoms with Crippen molar-refractivity contribution in [1.82, 2.24) is 5.32 Å². The average Bonchev–Trinajstić information content (AvgIpc) is 2.83. The van der Waals surface area contributed by atoms with Crippen LogP contribution in [0.15, 0.2) is 5.11 Å². The predicted octanol–water partition coefficient (Wildman–Crippen LogP) is -0.166. The molecule has 1 aliphatic heterocycles. The molecule has 0 bridgehead atoms. The van der Waals surface area contributed by atoms with E-state index in [0.717, 1.165) is 41.7 Å². The summed E-state index contributed by atoms with van der Waals surface area (Å²) in [6.07, 6.45) is -6.69. The number of carbonyl (C=O) groups is 6. The lowest BCUT2D eigenvalue weighted by Gasteiger charge is -2.48. The van der Waals surface area contributed by atoms with Crippen LogP contribution in [0.5, 0.6) is 0 Å². The van der Waals surface area contributed by atoms with Gasteiger partial charge >= 0.3 is 29.8 Å². The Hall–Kier alpha value is -3.95. The first-order valence-electron chi connectivity index (χ1n) is 11.6. The molecule has 218 valence electrons. The SMILES string of the molecule is COC(=O)[C@@]1(OCCN=[N+]=[N-])C[C@@H](OC(C)=O)[C@@H](NC(C)=O)C([C@H](OC(C)=O)[C@@H](COC(C)=O)OC(C)=O)O1. The van der Waals surface area contributed by atoms with Crippen LogP contribution in [0, 0.1) is 0 Å². The van der Waals surface area contributed by atoms with Crippen molar-refractivity contribution in [1.29, 1.82) is 0 Å². The summed E-state index contributed by atoms with van der Waals surface area (Å²) in [6, 6.07) is -1.32. The molecule has 0 saturated carbocycles. The Morgan fingerprint density at radius 1 is 1.03 bits per heavy atom. The molecular formula is C22H32N4O13. The first kappa shape index (κ1) is 33.1. The Bertz CT molecular complexity index is 983. The molecular weight excluding hydrogens is 528 g/mol. The maximum Gasteiger partial charge on any atom is 0.366 e. The molecule has 17 nitrogen and oxygen atoms in total. The highest BCUT2D eigenvalue weighted by molar-refractivity contribution is 5.79. The predicted molar refractivity (Wildman–Crippen MR) is 125 cm³/mol. The van der Waals surface area contributed by atoms with Crippen molar-refractivity contribution in [3.8, 4) is 0 Å². The van der Waals surface area contributed by atoms with E-state index >= 15 is 0 Å². The molecule has 1 heterocycles. The number of methoxy groups -OCH3 is 1. The van der Waals surface area contributed by atoms with Crippen molar-refractivity contribution in [3.63, 3.8) is 0 Å². The fourth-order valence-electron chi connectivity index (χ4n) is 3.84. The molecule has 0 aromatic carbocycles. The maximum atomic E-state index is 13.0. The number of amides is 1. The zero-order valence-corrected chi connectivity index (χ0v) is 22.4. The lowest BCUT2D eigenvalue weighted by atomic mass is 9.88. The van der Waals surface area contributed by atoms with Crippen LogP contribution in [0.25, 0.3) is 10.4 Å². The summed E-state index contributed by atoms with van der Waals surface area (Å²) < 4.78 is 37.5. The largest absolute Gasteiger partial charge is 0.465 e. The van der Waals surface area contributed by atoms with Crippen LogP contribution in [0.2, 0.25) is 0 Å². The number of carbonyl (C=O) groups excluding carboxylic acids is 6. The summed E-state index contributed by atoms with van der Waals surface area (Å²) in [6.45, 7) is 4.12. The molecule has 1 N–H and O–H groups in total. The van der Waals surface area contributed by atoms with Gasteiger partial charge in [0.2, 0.25) is 5.91 Å². The van der Waals surface area contributed by atoms with Gasteiger partial charge in [0.15, 0.2) is 12.2 Å². The van der Waals surface area contributed by atoms with Gasteiger partial charge in [0.05, 0.1) is 26.2 Å². The molecule has 39 heavy (non-hydrogen) atoms. The van der Waals surface area contributed by atoms with E-state index in [-0.39, 0.29) is 13.2 Å². The zero-order chi connectivity index (χ0) is 29.8. The lowest BCUT2D eigenvalue weighted by Crippen LogP contribution is -2.69. The first-order chi connectivity index (χ1) is 18.3. The molecule has 17 heteroatoms. The van der Waals surface area contributed by atoms with E-state index in [1.807, 2.05) is 0 Å². The standard InChI is InChI=1S/C22H32N4O13/c1-11(27)25-18-16(36-13(3)29)9-22(21(32)33-6,35-8-7-24-26-23)39-20(18)19(38-15(5)31)17(37-14(4)30)10-34-12(2)28/h16-20H,7-10H2,1-6H3,(H,25,27)/t16-,17-,18-,19-,20?,22-/m1/s1. The monoisotopic (exact) mass is 560 g/mol. The second-order valence-electron chi connectivity index (χ2n) is 8.23. The van der Waals surface area contributed by atoms with E-state index in [2.05, 4.69) is 15.3 Å². The van der Waals surface area contributed by atoms with Gasteiger partial charge in [-0.1, -0.05) is 5.11 Å². The van der Waals surface area contributed by atoms with E-state index in [1.54, 1.807) is 0 Å². The fourth-order valence-corrected chi connectivity index (χ4v) is 3.84. The number of azide groups is 1. The van der Waals surface area contributed by atoms with Gasteiger partial charge in [0.25, 0.3) is 5.79 Å². The quantitative estimate of drug-likeness (QED) is 0.0771. The van der Waals surface area contributed by atoms with Crippen molar-refractivity contribution in [2.75, 3.05) is 26.9 Å². The molecule has 0 aliphatic carbocycles. The van der Waals surface area contributed by atoms with Crippen LogP contribution in [0.1, 0.15) is 41.0 Å². The summed E-state index contributed by atoms with van der Waals surface area (Å²) in [7, 11) is 1.02. The molecule has 6 atom stereocenters. The Morgan fingerprint density at radius 2 is 1.67 bits per heavy atom. The summed E-state index contributed by atoms with van der Waals surface area (Å²) in [5.41, 5.74) is 8.56. The van der Waals surface area contributed by atoms with Gasteiger partial charge in [0.1, 0.15) is 18.8 Å². The normalized spacial score (nSPS) is 23.6. The highest BCUT2D eigenvalue weighted by atomic mass is 16.7. The molecule has 0 aromatic rings. The molecule has 1 fully saturated rings. The first-order valence-corrected chi connectivity index (χ1v) is 11.6. The van der Waals surface area contributed by atoms with Gasteiger partial charge in [-0.2, -0.15) is 0 Å². The Labute approximate surface area is 223 Å². The molecule has 0 spiro atoms. The maximum absolute atomic E-state index is 13.0. The van der Waals surface area contributed by atoms with Gasteiger partial charge < -0.3 is 38.5 Å². The van der Waals surface area contributed by atoms with Crippen molar-refractivity contribution >= 4 is 35.8 Å². The number of esters is 5. The van der Waals surface area contributed by atoms with Gasteiger partial charge in [-0.25, -0.2) is 4.79 Å². The number of rotatable bonds is 13. The van der Waals surface area contributed by atoms with Crippen LogP contribution < -0.4 is 5.32 Å². The molecule has 0 aromatic heterocycles. The topological polar surface area (TPSA) is 228 Å². The minimum Gasteiger partial charge on any atom is -0.465 e. The smallest absolute Gasteiger partial charge is 0.366 e. The van der Waals surface area contributed by atoms with Gasteiger partial charge in [-0.3, -0.25) is 24.0 Å². The summed E-state index contributed by atoms with van der Waals surface area (Å²) >= 11 is 0. The number of hydrogen-bond donors (Lipinski definition) is 1. The van der Waals surface area contributed by atoms with Gasteiger partial charge in [0, 0.05) is 46.1 Å². The molecule has 1 rings (SSSR count). The molecule has 1 saturated heterocycles.